The summed E-state index contributed by atoms with van der Waals surface area (Å²) < 4.78 is 22.3. The molecule has 390 valence electrons. The Morgan fingerprint density at radius 2 is 0.836 bits per heavy atom. The molecule has 0 aromatic rings. The van der Waals surface area contributed by atoms with Crippen LogP contribution in [0.1, 0.15) is 245 Å². The normalized spacial score (nSPS) is 19.4. The molecule has 4 N–H and O–H groups in total. The molecule has 1 aliphatic rings. The summed E-state index contributed by atoms with van der Waals surface area (Å²) in [5.41, 5.74) is 0. The van der Waals surface area contributed by atoms with Crippen molar-refractivity contribution in [2.75, 3.05) is 19.8 Å². The number of esters is 2. The van der Waals surface area contributed by atoms with E-state index in [0.717, 1.165) is 57.8 Å². The van der Waals surface area contributed by atoms with Crippen LogP contribution in [0, 0.1) is 0 Å². The fraction of sp³-hybridized carbons (Fsp3) is 0.825. The van der Waals surface area contributed by atoms with Crippen molar-refractivity contribution < 1.29 is 49.0 Å². The van der Waals surface area contributed by atoms with Crippen LogP contribution in [0.4, 0.5) is 0 Å². The van der Waals surface area contributed by atoms with E-state index in [9.17, 15) is 30.0 Å². The van der Waals surface area contributed by atoms with E-state index in [2.05, 4.69) is 62.5 Å². The van der Waals surface area contributed by atoms with Crippen molar-refractivity contribution in [3.8, 4) is 0 Å². The molecule has 0 spiro atoms. The molecule has 0 bridgehead atoms. The van der Waals surface area contributed by atoms with E-state index < -0.39 is 49.4 Å². The largest absolute Gasteiger partial charge is 0.462 e. The van der Waals surface area contributed by atoms with E-state index in [1.54, 1.807) is 0 Å². The fourth-order valence-electron chi connectivity index (χ4n) is 8.35. The Kier molecular flexibility index (Phi) is 44.3. The predicted molar refractivity (Wildman–Crippen MR) is 275 cm³/mol. The summed E-state index contributed by atoms with van der Waals surface area (Å²) in [5, 5.41) is 40.3. The molecule has 10 heteroatoms. The lowest BCUT2D eigenvalue weighted by Gasteiger charge is -2.39. The molecule has 6 atom stereocenters. The molecule has 0 aromatic heterocycles. The Morgan fingerprint density at radius 3 is 1.28 bits per heavy atom. The second-order valence-corrected chi connectivity index (χ2v) is 19.0. The van der Waals surface area contributed by atoms with Crippen LogP contribution in [0.15, 0.2) is 48.6 Å². The van der Waals surface area contributed by atoms with Gasteiger partial charge in [-0.25, -0.2) is 0 Å². The number of rotatable bonds is 47. The highest BCUT2D eigenvalue weighted by Crippen LogP contribution is 2.23. The van der Waals surface area contributed by atoms with Gasteiger partial charge in [-0.05, 0) is 57.8 Å². The number of carbonyl (C=O) groups excluding carboxylic acids is 2. The van der Waals surface area contributed by atoms with Gasteiger partial charge in [0.25, 0.3) is 0 Å². The SMILES string of the molecule is CCCCC/C=C/C/C=C/C/C=C/C/C=C/CCCCCC(=O)O[C@@H](COC(=O)CCCCCCCCCCCCCCCCCCCCCCCCC)CO[C@H]1O[C@@H](CO)[C@@H](O)C(O)C1O. The van der Waals surface area contributed by atoms with Gasteiger partial charge >= 0.3 is 11.9 Å². The van der Waals surface area contributed by atoms with Crippen LogP contribution < -0.4 is 0 Å². The number of aliphatic hydroxyl groups is 4. The Balaban J connectivity index is 2.24. The Bertz CT molecular complexity index is 1230. The number of carbonyl (C=O) groups is 2. The third-order valence-electron chi connectivity index (χ3n) is 12.7. The van der Waals surface area contributed by atoms with Crippen molar-refractivity contribution in [3.63, 3.8) is 0 Å². The molecule has 0 aliphatic carbocycles. The summed E-state index contributed by atoms with van der Waals surface area (Å²) in [6.07, 6.45) is 51.3. The summed E-state index contributed by atoms with van der Waals surface area (Å²) in [7, 11) is 0. The highest BCUT2D eigenvalue weighted by Gasteiger charge is 2.44. The van der Waals surface area contributed by atoms with Gasteiger partial charge in [-0.2, -0.15) is 0 Å². The number of aliphatic hydroxyl groups excluding tert-OH is 4. The molecule has 0 amide bonds. The molecule has 1 saturated heterocycles. The molecule has 1 rings (SSSR count). The summed E-state index contributed by atoms with van der Waals surface area (Å²) in [5.74, 6) is -0.833. The highest BCUT2D eigenvalue weighted by molar-refractivity contribution is 5.70. The van der Waals surface area contributed by atoms with Gasteiger partial charge in [0.15, 0.2) is 12.4 Å². The van der Waals surface area contributed by atoms with Crippen LogP contribution in [-0.4, -0.2) is 89.0 Å². The molecule has 1 heterocycles. The molecule has 10 nitrogen and oxygen atoms in total. The van der Waals surface area contributed by atoms with E-state index >= 15 is 0 Å². The van der Waals surface area contributed by atoms with Crippen LogP contribution in [0.2, 0.25) is 0 Å². The van der Waals surface area contributed by atoms with Crippen LogP contribution in [0.25, 0.3) is 0 Å². The Morgan fingerprint density at radius 1 is 0.463 bits per heavy atom. The second kappa shape index (κ2) is 47.3. The maximum absolute atomic E-state index is 12.8. The molecular formula is C57H102O10. The number of ether oxygens (including phenoxy) is 4. The first kappa shape index (κ1) is 62.7. The number of allylic oxidation sites excluding steroid dienone is 8. The van der Waals surface area contributed by atoms with Crippen molar-refractivity contribution in [2.24, 2.45) is 0 Å². The average molecular weight is 947 g/mol. The van der Waals surface area contributed by atoms with Crippen LogP contribution in [-0.2, 0) is 28.5 Å². The summed E-state index contributed by atoms with van der Waals surface area (Å²) in [6.45, 7) is 3.40. The van der Waals surface area contributed by atoms with Gasteiger partial charge in [0.1, 0.15) is 31.0 Å². The lowest BCUT2D eigenvalue weighted by Crippen LogP contribution is -2.59. The molecule has 0 saturated carbocycles. The first-order chi connectivity index (χ1) is 32.8. The highest BCUT2D eigenvalue weighted by atomic mass is 16.7. The first-order valence-corrected chi connectivity index (χ1v) is 27.7. The van der Waals surface area contributed by atoms with Crippen LogP contribution in [0.5, 0.6) is 0 Å². The Labute approximate surface area is 409 Å². The monoisotopic (exact) mass is 947 g/mol. The average Bonchev–Trinajstić information content (AvgIpc) is 3.33. The van der Waals surface area contributed by atoms with Gasteiger partial charge in [0.2, 0.25) is 0 Å². The zero-order valence-electron chi connectivity index (χ0n) is 42.9. The minimum Gasteiger partial charge on any atom is -0.462 e. The summed E-state index contributed by atoms with van der Waals surface area (Å²) in [6, 6.07) is 0. The number of hydrogen-bond acceptors (Lipinski definition) is 10. The van der Waals surface area contributed by atoms with E-state index in [-0.39, 0.29) is 32.0 Å². The lowest BCUT2D eigenvalue weighted by molar-refractivity contribution is -0.305. The first-order valence-electron chi connectivity index (χ1n) is 27.7. The minimum atomic E-state index is -1.60. The second-order valence-electron chi connectivity index (χ2n) is 19.0. The third kappa shape index (κ3) is 38.1. The van der Waals surface area contributed by atoms with Gasteiger partial charge in [-0.3, -0.25) is 9.59 Å². The molecular weight excluding hydrogens is 845 g/mol. The van der Waals surface area contributed by atoms with Crippen LogP contribution in [0.3, 0.4) is 0 Å². The number of unbranched alkanes of at least 4 members (excludes halogenated alkanes) is 28. The minimum absolute atomic E-state index is 0.193. The summed E-state index contributed by atoms with van der Waals surface area (Å²) in [4.78, 5) is 25.5. The molecule has 1 aliphatic heterocycles. The third-order valence-corrected chi connectivity index (χ3v) is 12.7. The van der Waals surface area contributed by atoms with E-state index in [1.165, 1.54) is 154 Å². The van der Waals surface area contributed by atoms with Gasteiger partial charge < -0.3 is 39.4 Å². The standard InChI is InChI=1S/C57H102O10/c1-3-5-7-9-11-13-15-17-19-21-23-24-25-26-28-29-31-33-35-37-39-41-43-45-52(59)64-48-50(49-65-57-56(63)55(62)54(61)51(47-58)67-57)66-53(60)46-44-42-40-38-36-34-32-30-27-22-20-18-16-14-12-10-8-6-4-2/h12,14,18,20,27,30,34,36,50-51,54-58,61-63H,3-11,13,15-17,19,21-26,28-29,31-33,35,37-49H2,1-2H3/b14-12+,20-18+,30-27+,36-34+/t50-,51-,54+,55?,56?,57-/m0/s1. The van der Waals surface area contributed by atoms with Gasteiger partial charge in [-0.1, -0.05) is 223 Å². The quantitative estimate of drug-likeness (QED) is 0.0264. The smallest absolute Gasteiger partial charge is 0.306 e. The molecule has 67 heavy (non-hydrogen) atoms. The van der Waals surface area contributed by atoms with Crippen molar-refractivity contribution in [2.45, 2.75) is 282 Å². The van der Waals surface area contributed by atoms with E-state index in [4.69, 9.17) is 18.9 Å². The maximum atomic E-state index is 12.8. The van der Waals surface area contributed by atoms with Crippen molar-refractivity contribution >= 4 is 11.9 Å². The van der Waals surface area contributed by atoms with E-state index in [0.29, 0.717) is 6.42 Å². The Hall–Kier alpha value is -2.34. The van der Waals surface area contributed by atoms with E-state index in [1.807, 2.05) is 0 Å². The molecule has 0 radical (unpaired) electrons. The predicted octanol–water partition coefficient (Wildman–Crippen LogP) is 13.6. The molecule has 2 unspecified atom stereocenters. The summed E-state index contributed by atoms with van der Waals surface area (Å²) >= 11 is 0. The molecule has 0 aromatic carbocycles. The lowest BCUT2D eigenvalue weighted by atomic mass is 9.99. The maximum Gasteiger partial charge on any atom is 0.306 e. The van der Waals surface area contributed by atoms with Gasteiger partial charge in [0.05, 0.1) is 13.2 Å². The van der Waals surface area contributed by atoms with Crippen molar-refractivity contribution in [1.82, 2.24) is 0 Å². The van der Waals surface area contributed by atoms with Gasteiger partial charge in [-0.15, -0.1) is 0 Å². The van der Waals surface area contributed by atoms with Crippen molar-refractivity contribution in [1.29, 1.82) is 0 Å². The fourth-order valence-corrected chi connectivity index (χ4v) is 8.35. The van der Waals surface area contributed by atoms with Crippen molar-refractivity contribution in [3.05, 3.63) is 48.6 Å². The zero-order chi connectivity index (χ0) is 48.7. The zero-order valence-corrected chi connectivity index (χ0v) is 42.9. The number of hydrogen-bond donors (Lipinski definition) is 4. The van der Waals surface area contributed by atoms with Crippen LogP contribution >= 0.6 is 0 Å². The van der Waals surface area contributed by atoms with Gasteiger partial charge in [0, 0.05) is 12.8 Å². The molecule has 1 fully saturated rings. The topological polar surface area (TPSA) is 152 Å².